The number of para-hydroxylation sites is 2. The first-order valence-corrected chi connectivity index (χ1v) is 12.5. The average molecular weight is 503 g/mol. The Hall–Kier alpha value is -3.98. The van der Waals surface area contributed by atoms with Crippen molar-refractivity contribution in [2.45, 2.75) is 44.7 Å². The van der Waals surface area contributed by atoms with Crippen LogP contribution in [0.2, 0.25) is 0 Å². The molecule has 2 aliphatic rings. The number of aliphatic carboxylic acids is 1. The smallest absolute Gasteiger partial charge is 0.324 e. The minimum absolute atomic E-state index is 0.164. The number of rotatable bonds is 7. The van der Waals surface area contributed by atoms with Gasteiger partial charge in [0.1, 0.15) is 5.54 Å². The predicted octanol–water partition coefficient (Wildman–Crippen LogP) is 2.95. The highest BCUT2D eigenvalue weighted by molar-refractivity contribution is 6.24. The van der Waals surface area contributed by atoms with Gasteiger partial charge in [-0.25, -0.2) is 9.58 Å². The van der Waals surface area contributed by atoms with E-state index in [9.17, 15) is 24.3 Å². The number of benzene rings is 2. The minimum atomic E-state index is -1.67. The molecule has 2 aromatic carbocycles. The molecule has 0 bridgehead atoms. The van der Waals surface area contributed by atoms with Crippen LogP contribution in [0.5, 0.6) is 0 Å². The molecular weight excluding hydrogens is 472 g/mol. The second-order valence-corrected chi connectivity index (χ2v) is 9.83. The fraction of sp³-hybridized carbons (Fsp3) is 0.357. The maximum absolute atomic E-state index is 13.9. The van der Waals surface area contributed by atoms with Crippen molar-refractivity contribution in [1.29, 1.82) is 0 Å². The van der Waals surface area contributed by atoms with Crippen LogP contribution in [-0.4, -0.2) is 37.8 Å². The first-order chi connectivity index (χ1) is 17.7. The van der Waals surface area contributed by atoms with Crippen LogP contribution >= 0.6 is 0 Å². The molecule has 1 aromatic heterocycles. The number of nitrogens with zero attached hydrogens (tertiary/aromatic N) is 3. The van der Waals surface area contributed by atoms with Crippen molar-refractivity contribution in [2.24, 2.45) is 18.9 Å². The zero-order valence-corrected chi connectivity index (χ0v) is 21.0. The van der Waals surface area contributed by atoms with Gasteiger partial charge in [0.2, 0.25) is 11.8 Å². The van der Waals surface area contributed by atoms with Gasteiger partial charge in [-0.3, -0.25) is 29.2 Å². The highest BCUT2D eigenvalue weighted by Crippen LogP contribution is 2.51. The lowest BCUT2D eigenvalue weighted by Gasteiger charge is -2.31. The molecule has 37 heavy (non-hydrogen) atoms. The summed E-state index contributed by atoms with van der Waals surface area (Å²) >= 11 is 0. The lowest BCUT2D eigenvalue weighted by atomic mass is 9.76. The topological polar surface area (TPSA) is 114 Å². The van der Waals surface area contributed by atoms with Crippen molar-refractivity contribution in [3.63, 3.8) is 0 Å². The van der Waals surface area contributed by atoms with Crippen molar-refractivity contribution < 1.29 is 19.5 Å². The molecule has 2 amide bonds. The fourth-order valence-electron chi connectivity index (χ4n) is 6.02. The van der Waals surface area contributed by atoms with Crippen molar-refractivity contribution in [2.75, 3.05) is 4.90 Å². The summed E-state index contributed by atoms with van der Waals surface area (Å²) in [6.07, 6.45) is 1.43. The SMILES string of the molecule is CCCCC1(C(=O)O)NC(c2c(C)n(C)n(-c3ccccc3)c2=O)C2C(=O)N(c3ccccc3)C(=O)C21. The number of amides is 2. The molecule has 9 heteroatoms. The molecule has 2 saturated heterocycles. The molecular formula is C28H30N4O5. The van der Waals surface area contributed by atoms with E-state index in [1.54, 1.807) is 61.1 Å². The normalized spacial score (nSPS) is 25.1. The summed E-state index contributed by atoms with van der Waals surface area (Å²) in [5, 5.41) is 13.7. The maximum Gasteiger partial charge on any atom is 0.324 e. The largest absolute Gasteiger partial charge is 0.480 e. The quantitative estimate of drug-likeness (QED) is 0.481. The van der Waals surface area contributed by atoms with Gasteiger partial charge in [0.05, 0.1) is 34.8 Å². The highest BCUT2D eigenvalue weighted by atomic mass is 16.4. The summed E-state index contributed by atoms with van der Waals surface area (Å²) in [5.41, 5.74) is -0.0794. The van der Waals surface area contributed by atoms with E-state index in [4.69, 9.17) is 0 Å². The Morgan fingerprint density at radius 3 is 2.14 bits per heavy atom. The first-order valence-electron chi connectivity index (χ1n) is 12.5. The van der Waals surface area contributed by atoms with E-state index in [-0.39, 0.29) is 12.0 Å². The number of carboxylic acids is 1. The molecule has 9 nitrogen and oxygen atoms in total. The van der Waals surface area contributed by atoms with E-state index in [1.165, 1.54) is 4.68 Å². The number of nitrogens with one attached hydrogen (secondary N) is 1. The molecule has 0 radical (unpaired) electrons. The summed E-state index contributed by atoms with van der Waals surface area (Å²) < 4.78 is 3.21. The van der Waals surface area contributed by atoms with E-state index < -0.39 is 41.2 Å². The van der Waals surface area contributed by atoms with Gasteiger partial charge < -0.3 is 5.11 Å². The number of fused-ring (bicyclic) bond motifs is 1. The number of carbonyl (C=O) groups is 3. The van der Waals surface area contributed by atoms with Crippen LogP contribution in [0.1, 0.15) is 43.5 Å². The Morgan fingerprint density at radius 2 is 1.57 bits per heavy atom. The third-order valence-electron chi connectivity index (χ3n) is 7.88. The van der Waals surface area contributed by atoms with Gasteiger partial charge in [-0.15, -0.1) is 0 Å². The zero-order valence-electron chi connectivity index (χ0n) is 21.0. The molecule has 4 unspecified atom stereocenters. The van der Waals surface area contributed by atoms with Gasteiger partial charge in [-0.2, -0.15) is 0 Å². The number of unbranched alkanes of at least 4 members (excludes halogenated alkanes) is 1. The molecule has 3 aromatic rings. The van der Waals surface area contributed by atoms with E-state index >= 15 is 0 Å². The summed E-state index contributed by atoms with van der Waals surface area (Å²) in [6.45, 7) is 3.72. The van der Waals surface area contributed by atoms with E-state index in [1.807, 2.05) is 25.1 Å². The van der Waals surface area contributed by atoms with Crippen molar-refractivity contribution >= 4 is 23.5 Å². The second kappa shape index (κ2) is 9.15. The number of hydrogen-bond acceptors (Lipinski definition) is 5. The molecule has 0 aliphatic carbocycles. The van der Waals surface area contributed by atoms with Crippen molar-refractivity contribution in [3.8, 4) is 5.69 Å². The Kier molecular flexibility index (Phi) is 6.11. The van der Waals surface area contributed by atoms with Crippen LogP contribution in [0.3, 0.4) is 0 Å². The molecule has 2 N–H and O–H groups in total. The molecule has 4 atom stereocenters. The van der Waals surface area contributed by atoms with Crippen LogP contribution in [0, 0.1) is 18.8 Å². The molecule has 0 spiro atoms. The second-order valence-electron chi connectivity index (χ2n) is 9.83. The third kappa shape index (κ3) is 3.56. The monoisotopic (exact) mass is 502 g/mol. The van der Waals surface area contributed by atoms with Crippen LogP contribution in [0.15, 0.2) is 65.5 Å². The molecule has 3 heterocycles. The van der Waals surface area contributed by atoms with Gasteiger partial charge in [0, 0.05) is 12.7 Å². The highest BCUT2D eigenvalue weighted by Gasteiger charge is 2.69. The van der Waals surface area contributed by atoms with E-state index in [2.05, 4.69) is 5.32 Å². The van der Waals surface area contributed by atoms with Crippen molar-refractivity contribution in [1.82, 2.24) is 14.7 Å². The number of hydrogen-bond donors (Lipinski definition) is 2. The first kappa shape index (κ1) is 24.7. The minimum Gasteiger partial charge on any atom is -0.480 e. The number of imide groups is 1. The van der Waals surface area contributed by atoms with E-state index in [0.29, 0.717) is 35.5 Å². The zero-order chi connectivity index (χ0) is 26.5. The van der Waals surface area contributed by atoms with Gasteiger partial charge in [0.15, 0.2) is 0 Å². The maximum atomic E-state index is 13.9. The fourth-order valence-corrected chi connectivity index (χ4v) is 6.02. The van der Waals surface area contributed by atoms with Crippen LogP contribution < -0.4 is 15.8 Å². The van der Waals surface area contributed by atoms with Gasteiger partial charge >= 0.3 is 5.97 Å². The van der Waals surface area contributed by atoms with Gasteiger partial charge in [-0.05, 0) is 37.6 Å². The molecule has 5 rings (SSSR count). The molecule has 2 aliphatic heterocycles. The molecule has 192 valence electrons. The summed E-state index contributed by atoms with van der Waals surface area (Å²) in [7, 11) is 1.75. The van der Waals surface area contributed by atoms with Crippen LogP contribution in [-0.2, 0) is 21.4 Å². The lowest BCUT2D eigenvalue weighted by Crippen LogP contribution is -2.56. The van der Waals surface area contributed by atoms with Gasteiger partial charge in [-0.1, -0.05) is 56.2 Å². The average Bonchev–Trinajstić information content (AvgIpc) is 3.45. The number of carbonyl (C=O) groups excluding carboxylic acids is 2. The number of aromatic nitrogens is 2. The van der Waals surface area contributed by atoms with Crippen LogP contribution in [0.4, 0.5) is 5.69 Å². The third-order valence-corrected chi connectivity index (χ3v) is 7.88. The Balaban J connectivity index is 1.71. The number of anilines is 1. The van der Waals surface area contributed by atoms with E-state index in [0.717, 1.165) is 4.90 Å². The van der Waals surface area contributed by atoms with Crippen LogP contribution in [0.25, 0.3) is 5.69 Å². The summed E-state index contributed by atoms with van der Waals surface area (Å²) in [6, 6.07) is 16.7. The van der Waals surface area contributed by atoms with Crippen molar-refractivity contribution in [3.05, 3.63) is 82.3 Å². The summed E-state index contributed by atoms with van der Waals surface area (Å²) in [5.74, 6) is -4.40. The number of carboxylic acid groups (broad SMARTS) is 1. The Bertz CT molecular complexity index is 1430. The summed E-state index contributed by atoms with van der Waals surface area (Å²) in [4.78, 5) is 55.6. The Morgan fingerprint density at radius 1 is 0.973 bits per heavy atom. The lowest BCUT2D eigenvalue weighted by molar-refractivity contribution is -0.149. The predicted molar refractivity (Wildman–Crippen MR) is 137 cm³/mol. The van der Waals surface area contributed by atoms with Gasteiger partial charge in [0.25, 0.3) is 5.56 Å². The Labute approximate surface area is 214 Å². The molecule has 0 saturated carbocycles. The molecule has 2 fully saturated rings. The standard InChI is InChI=1S/C28H30N4O5/c1-4-5-16-28(27(36)37)22-21(24(33)31(26(22)35)18-12-8-6-9-13-18)23(29-28)20-17(2)30(3)32(25(20)34)19-14-10-7-11-15-19/h6-15,21-23,29H,4-5,16H2,1-3H3,(H,36,37).